The van der Waals surface area contributed by atoms with Crippen LogP contribution in [-0.4, -0.2) is 22.5 Å². The van der Waals surface area contributed by atoms with E-state index in [0.29, 0.717) is 18.4 Å². The van der Waals surface area contributed by atoms with Crippen molar-refractivity contribution >= 4 is 45.8 Å². The molecule has 1 aromatic rings. The minimum atomic E-state index is -0.996. The molecule has 1 fully saturated rings. The Morgan fingerprint density at radius 2 is 2.20 bits per heavy atom. The summed E-state index contributed by atoms with van der Waals surface area (Å²) < 4.78 is 1.01. The second kappa shape index (κ2) is 3.75. The smallest absolute Gasteiger partial charge is 0.329 e. The normalized spacial score (nSPS) is 17.1. The number of carboxylic acid groups (broad SMARTS) is 1. The first kappa shape index (κ1) is 10.9. The van der Waals surface area contributed by atoms with Gasteiger partial charge in [0.2, 0.25) is 0 Å². The van der Waals surface area contributed by atoms with E-state index in [1.165, 1.54) is 11.3 Å². The summed E-state index contributed by atoms with van der Waals surface area (Å²) in [6, 6.07) is 1.75. The van der Waals surface area contributed by atoms with Crippen molar-refractivity contribution in [2.75, 3.05) is 0 Å². The Balaban J connectivity index is 2.08. The lowest BCUT2D eigenvalue weighted by Crippen LogP contribution is -2.42. The van der Waals surface area contributed by atoms with Crippen LogP contribution in [0.4, 0.5) is 0 Å². The van der Waals surface area contributed by atoms with Crippen molar-refractivity contribution < 1.29 is 14.7 Å². The number of thiophene rings is 1. The molecule has 0 bridgehead atoms. The third-order valence-corrected chi connectivity index (χ3v) is 4.13. The predicted molar refractivity (Wildman–Crippen MR) is 64.1 cm³/mol. The van der Waals surface area contributed by atoms with Gasteiger partial charge in [0.05, 0.1) is 8.45 Å². The highest BCUT2D eigenvalue weighted by Crippen LogP contribution is 2.35. The molecule has 4 nitrogen and oxygen atoms in total. The van der Waals surface area contributed by atoms with Crippen LogP contribution in [-0.2, 0) is 4.79 Å². The Labute approximate surface area is 104 Å². The summed E-state index contributed by atoms with van der Waals surface area (Å²) in [6.07, 6.45) is 1.05. The number of hydrogen-bond donors (Lipinski definition) is 2. The lowest BCUT2D eigenvalue weighted by Gasteiger charge is -2.11. The molecule has 6 heteroatoms. The number of halogens is 1. The van der Waals surface area contributed by atoms with Gasteiger partial charge in [-0.15, -0.1) is 11.3 Å². The highest BCUT2D eigenvalue weighted by Gasteiger charge is 2.51. The minimum absolute atomic E-state index is 0.297. The molecule has 15 heavy (non-hydrogen) atoms. The molecule has 0 aromatic carbocycles. The van der Waals surface area contributed by atoms with E-state index in [1.807, 2.05) is 0 Å². The highest BCUT2D eigenvalue weighted by molar-refractivity contribution is 14.1. The number of rotatable bonds is 3. The van der Waals surface area contributed by atoms with Gasteiger partial charge >= 0.3 is 5.97 Å². The highest BCUT2D eigenvalue weighted by atomic mass is 127. The van der Waals surface area contributed by atoms with E-state index >= 15 is 0 Å². The average Bonchev–Trinajstić information content (AvgIpc) is 2.82. The molecule has 1 amide bonds. The summed E-state index contributed by atoms with van der Waals surface area (Å²) in [7, 11) is 0. The molecule has 1 aromatic heterocycles. The quantitative estimate of drug-likeness (QED) is 0.825. The van der Waals surface area contributed by atoms with Crippen LogP contribution >= 0.6 is 33.9 Å². The van der Waals surface area contributed by atoms with Gasteiger partial charge in [0.1, 0.15) is 5.54 Å². The Morgan fingerprint density at radius 1 is 1.53 bits per heavy atom. The number of nitrogens with one attached hydrogen (secondary N) is 1. The van der Waals surface area contributed by atoms with Crippen molar-refractivity contribution in [3.63, 3.8) is 0 Å². The number of amides is 1. The monoisotopic (exact) mass is 337 g/mol. The standard InChI is InChI=1S/C9H8INO3S/c10-6-3-5(4-15-6)7(12)11-9(1-2-9)8(13)14/h3-4H,1-2H2,(H,11,12)(H,13,14). The molecular weight excluding hydrogens is 329 g/mol. The fraction of sp³-hybridized carbons (Fsp3) is 0.333. The van der Waals surface area contributed by atoms with Gasteiger partial charge in [-0.05, 0) is 41.5 Å². The maximum Gasteiger partial charge on any atom is 0.329 e. The molecule has 1 aliphatic carbocycles. The Hall–Kier alpha value is -0.630. The summed E-state index contributed by atoms with van der Waals surface area (Å²) in [5, 5.41) is 13.2. The summed E-state index contributed by atoms with van der Waals surface area (Å²) in [5.41, 5.74) is -0.457. The van der Waals surface area contributed by atoms with Crippen LogP contribution in [0.25, 0.3) is 0 Å². The summed E-state index contributed by atoms with van der Waals surface area (Å²) in [4.78, 5) is 22.5. The second-order valence-electron chi connectivity index (χ2n) is 3.48. The lowest BCUT2D eigenvalue weighted by molar-refractivity contribution is -0.140. The Kier molecular flexibility index (Phi) is 2.72. The molecule has 1 heterocycles. The molecule has 0 unspecified atom stereocenters. The predicted octanol–water partition coefficient (Wildman–Crippen LogP) is 1.70. The van der Waals surface area contributed by atoms with E-state index in [0.717, 1.165) is 2.88 Å². The Morgan fingerprint density at radius 3 is 2.60 bits per heavy atom. The van der Waals surface area contributed by atoms with Gasteiger partial charge in [-0.1, -0.05) is 0 Å². The van der Waals surface area contributed by atoms with Crippen molar-refractivity contribution in [3.8, 4) is 0 Å². The molecule has 0 radical (unpaired) electrons. The molecule has 0 aliphatic heterocycles. The van der Waals surface area contributed by atoms with Crippen molar-refractivity contribution in [2.45, 2.75) is 18.4 Å². The van der Waals surface area contributed by atoms with Gasteiger partial charge in [-0.2, -0.15) is 0 Å². The summed E-state index contributed by atoms with van der Waals surface area (Å²) in [6.45, 7) is 0. The first-order valence-corrected chi connectivity index (χ1v) is 6.29. The number of carbonyl (C=O) groups is 2. The third-order valence-electron chi connectivity index (χ3n) is 2.34. The van der Waals surface area contributed by atoms with Gasteiger partial charge in [-0.25, -0.2) is 4.79 Å². The molecule has 2 N–H and O–H groups in total. The van der Waals surface area contributed by atoms with Crippen LogP contribution in [0.2, 0.25) is 0 Å². The Bertz CT molecular complexity index is 425. The molecule has 1 aliphatic rings. The molecule has 80 valence electrons. The molecule has 0 atom stereocenters. The van der Waals surface area contributed by atoms with E-state index in [-0.39, 0.29) is 5.91 Å². The zero-order valence-electron chi connectivity index (χ0n) is 7.62. The SMILES string of the molecule is O=C(NC1(C(=O)O)CC1)c1csc(I)c1. The number of carboxylic acids is 1. The fourth-order valence-corrected chi connectivity index (χ4v) is 2.56. The minimum Gasteiger partial charge on any atom is -0.480 e. The van der Waals surface area contributed by atoms with Crippen molar-refractivity contribution in [1.82, 2.24) is 5.32 Å². The van der Waals surface area contributed by atoms with Crippen molar-refractivity contribution in [3.05, 3.63) is 19.9 Å². The number of carbonyl (C=O) groups excluding carboxylic acids is 1. The fourth-order valence-electron chi connectivity index (χ4n) is 1.24. The van der Waals surface area contributed by atoms with Crippen LogP contribution in [0.1, 0.15) is 23.2 Å². The van der Waals surface area contributed by atoms with Crippen LogP contribution < -0.4 is 5.32 Å². The molecular formula is C9H8INO3S. The third kappa shape index (κ3) is 2.15. The first-order valence-electron chi connectivity index (χ1n) is 4.33. The van der Waals surface area contributed by atoms with E-state index < -0.39 is 11.5 Å². The maximum atomic E-state index is 11.6. The number of aliphatic carboxylic acids is 1. The molecule has 0 saturated heterocycles. The summed E-state index contributed by atoms with van der Waals surface area (Å²) >= 11 is 3.59. The maximum absolute atomic E-state index is 11.6. The topological polar surface area (TPSA) is 66.4 Å². The van der Waals surface area contributed by atoms with Crippen molar-refractivity contribution in [1.29, 1.82) is 0 Å². The van der Waals surface area contributed by atoms with Gasteiger partial charge < -0.3 is 10.4 Å². The van der Waals surface area contributed by atoms with E-state index in [9.17, 15) is 9.59 Å². The summed E-state index contributed by atoms with van der Waals surface area (Å²) in [5.74, 6) is -1.24. The van der Waals surface area contributed by atoms with E-state index in [1.54, 1.807) is 11.4 Å². The van der Waals surface area contributed by atoms with Crippen LogP contribution in [0, 0.1) is 2.88 Å². The zero-order chi connectivity index (χ0) is 11.1. The van der Waals surface area contributed by atoms with Crippen LogP contribution in [0.3, 0.4) is 0 Å². The number of hydrogen-bond acceptors (Lipinski definition) is 3. The van der Waals surface area contributed by atoms with E-state index in [4.69, 9.17) is 5.11 Å². The molecule has 1 saturated carbocycles. The average molecular weight is 337 g/mol. The van der Waals surface area contributed by atoms with E-state index in [2.05, 4.69) is 27.9 Å². The second-order valence-corrected chi connectivity index (χ2v) is 6.29. The van der Waals surface area contributed by atoms with Gasteiger partial charge in [0.25, 0.3) is 5.91 Å². The van der Waals surface area contributed by atoms with Crippen LogP contribution in [0.15, 0.2) is 11.4 Å². The van der Waals surface area contributed by atoms with Crippen LogP contribution in [0.5, 0.6) is 0 Å². The van der Waals surface area contributed by atoms with Crippen molar-refractivity contribution in [2.24, 2.45) is 0 Å². The molecule has 0 spiro atoms. The first-order chi connectivity index (χ1) is 7.03. The van der Waals surface area contributed by atoms with Gasteiger partial charge in [-0.3, -0.25) is 4.79 Å². The largest absolute Gasteiger partial charge is 0.480 e. The van der Waals surface area contributed by atoms with Gasteiger partial charge in [0.15, 0.2) is 0 Å². The zero-order valence-corrected chi connectivity index (χ0v) is 10.6. The lowest BCUT2D eigenvalue weighted by atomic mass is 10.2. The molecule has 2 rings (SSSR count). The van der Waals surface area contributed by atoms with Gasteiger partial charge in [0, 0.05) is 5.38 Å².